The summed E-state index contributed by atoms with van der Waals surface area (Å²) in [5.41, 5.74) is 8.54. The molecule has 0 aliphatic carbocycles. The Labute approximate surface area is 80.7 Å². The molecule has 1 amide bonds. The van der Waals surface area contributed by atoms with E-state index in [1.165, 1.54) is 0 Å². The second-order valence-corrected chi connectivity index (χ2v) is 2.46. The highest BCUT2D eigenvalue weighted by atomic mass is 16.2. The first kappa shape index (κ1) is 9.83. The van der Waals surface area contributed by atoms with Crippen LogP contribution in [-0.2, 0) is 4.79 Å². The summed E-state index contributed by atoms with van der Waals surface area (Å²) in [6.45, 7) is 3.31. The van der Waals surface area contributed by atoms with Crippen LogP contribution in [0.1, 0.15) is 0 Å². The van der Waals surface area contributed by atoms with Crippen molar-refractivity contribution >= 4 is 11.6 Å². The van der Waals surface area contributed by atoms with Crippen LogP contribution < -0.4 is 5.32 Å². The van der Waals surface area contributed by atoms with Crippen LogP contribution in [0, 0.1) is 0 Å². The van der Waals surface area contributed by atoms with Crippen molar-refractivity contribution in [3.8, 4) is 0 Å². The Morgan fingerprint density at radius 1 is 1.43 bits per heavy atom. The summed E-state index contributed by atoms with van der Waals surface area (Å²) < 4.78 is 0. The summed E-state index contributed by atoms with van der Waals surface area (Å²) in [4.78, 5) is 13.7. The molecule has 0 spiro atoms. The van der Waals surface area contributed by atoms with Gasteiger partial charge in [0.15, 0.2) is 0 Å². The summed E-state index contributed by atoms with van der Waals surface area (Å²) in [5, 5.41) is 5.62. The summed E-state index contributed by atoms with van der Waals surface area (Å²) in [6, 6.07) is 8.85. The molecule has 0 fully saturated rings. The zero-order chi connectivity index (χ0) is 10.4. The van der Waals surface area contributed by atoms with Crippen LogP contribution in [0.2, 0.25) is 0 Å². The van der Waals surface area contributed by atoms with Crippen molar-refractivity contribution in [3.05, 3.63) is 53.1 Å². The lowest BCUT2D eigenvalue weighted by Crippen LogP contribution is -2.11. The molecule has 5 heteroatoms. The van der Waals surface area contributed by atoms with Gasteiger partial charge in [-0.25, -0.2) is 0 Å². The third-order valence-corrected chi connectivity index (χ3v) is 1.46. The van der Waals surface area contributed by atoms with Gasteiger partial charge in [0.05, 0.1) is 5.70 Å². The molecule has 70 valence electrons. The lowest BCUT2D eigenvalue weighted by atomic mass is 10.3. The molecule has 0 aromatic heterocycles. The number of carbonyl (C=O) groups is 1. The molecule has 0 aliphatic heterocycles. The first-order valence-electron chi connectivity index (χ1n) is 3.84. The molecular weight excluding hydrogens is 180 g/mol. The maximum Gasteiger partial charge on any atom is 0.257 e. The largest absolute Gasteiger partial charge is 0.322 e. The van der Waals surface area contributed by atoms with E-state index in [1.54, 1.807) is 24.3 Å². The Balaban J connectivity index is 2.67. The number of hydrogen-bond acceptors (Lipinski definition) is 2. The van der Waals surface area contributed by atoms with E-state index in [-0.39, 0.29) is 5.70 Å². The van der Waals surface area contributed by atoms with Gasteiger partial charge in [0.2, 0.25) is 0 Å². The topological polar surface area (TPSA) is 77.9 Å². The number of rotatable bonds is 3. The maximum absolute atomic E-state index is 11.2. The van der Waals surface area contributed by atoms with Crippen LogP contribution in [0.4, 0.5) is 5.69 Å². The fourth-order valence-electron chi connectivity index (χ4n) is 0.824. The van der Waals surface area contributed by atoms with Crippen molar-refractivity contribution < 1.29 is 4.79 Å². The average molecular weight is 188 g/mol. The molecule has 1 N–H and O–H groups in total. The predicted octanol–water partition coefficient (Wildman–Crippen LogP) is 2.45. The Hall–Kier alpha value is -2.26. The highest BCUT2D eigenvalue weighted by Crippen LogP contribution is 2.06. The third-order valence-electron chi connectivity index (χ3n) is 1.46. The summed E-state index contributed by atoms with van der Waals surface area (Å²) in [7, 11) is 0. The summed E-state index contributed by atoms with van der Waals surface area (Å²) in [5.74, 6) is -0.506. The average Bonchev–Trinajstić information content (AvgIpc) is 2.19. The van der Waals surface area contributed by atoms with Crippen molar-refractivity contribution in [2.24, 2.45) is 5.11 Å². The molecule has 0 heterocycles. The molecule has 0 bridgehead atoms. The van der Waals surface area contributed by atoms with Gasteiger partial charge in [0.1, 0.15) is 0 Å². The molecule has 0 radical (unpaired) electrons. The number of nitrogens with one attached hydrogen (secondary N) is 1. The van der Waals surface area contributed by atoms with E-state index in [9.17, 15) is 4.79 Å². The zero-order valence-corrected chi connectivity index (χ0v) is 7.34. The second kappa shape index (κ2) is 4.69. The van der Waals surface area contributed by atoms with Crippen molar-refractivity contribution in [2.45, 2.75) is 0 Å². The van der Waals surface area contributed by atoms with E-state index < -0.39 is 5.91 Å². The predicted molar refractivity (Wildman–Crippen MR) is 53.4 cm³/mol. The first-order valence-corrected chi connectivity index (χ1v) is 3.84. The monoisotopic (exact) mass is 188 g/mol. The Morgan fingerprint density at radius 3 is 2.64 bits per heavy atom. The molecule has 0 atom stereocenters. The van der Waals surface area contributed by atoms with Crippen LogP contribution in [0.15, 0.2) is 47.7 Å². The molecule has 1 aromatic rings. The van der Waals surface area contributed by atoms with Crippen molar-refractivity contribution in [1.82, 2.24) is 0 Å². The van der Waals surface area contributed by atoms with Gasteiger partial charge >= 0.3 is 0 Å². The fraction of sp³-hybridized carbons (Fsp3) is 0. The molecule has 0 saturated carbocycles. The minimum atomic E-state index is -0.506. The van der Waals surface area contributed by atoms with E-state index in [1.807, 2.05) is 6.07 Å². The van der Waals surface area contributed by atoms with Crippen molar-refractivity contribution in [1.29, 1.82) is 0 Å². The van der Waals surface area contributed by atoms with Crippen LogP contribution in [0.5, 0.6) is 0 Å². The molecule has 0 saturated heterocycles. The van der Waals surface area contributed by atoms with Gasteiger partial charge in [0.25, 0.3) is 5.91 Å². The van der Waals surface area contributed by atoms with E-state index in [2.05, 4.69) is 21.9 Å². The second-order valence-electron chi connectivity index (χ2n) is 2.46. The minimum absolute atomic E-state index is 0.156. The van der Waals surface area contributed by atoms with E-state index in [0.717, 1.165) is 0 Å². The first-order chi connectivity index (χ1) is 6.74. The van der Waals surface area contributed by atoms with E-state index >= 15 is 0 Å². The number of amides is 1. The summed E-state index contributed by atoms with van der Waals surface area (Å²) in [6.07, 6.45) is 0. The minimum Gasteiger partial charge on any atom is -0.322 e. The normalized spacial score (nSPS) is 8.57. The zero-order valence-electron chi connectivity index (χ0n) is 7.34. The number of para-hydroxylation sites is 1. The SMILES string of the molecule is C=C(N=[N+]=[N-])C(=O)Nc1ccccc1. The highest BCUT2D eigenvalue weighted by molar-refractivity contribution is 6.02. The molecule has 14 heavy (non-hydrogen) atoms. The van der Waals surface area contributed by atoms with Crippen molar-refractivity contribution in [2.75, 3.05) is 5.32 Å². The summed E-state index contributed by atoms with van der Waals surface area (Å²) >= 11 is 0. The lowest BCUT2D eigenvalue weighted by Gasteiger charge is -2.02. The molecule has 5 nitrogen and oxygen atoms in total. The molecule has 1 aromatic carbocycles. The maximum atomic E-state index is 11.2. The number of benzene rings is 1. The number of anilines is 1. The highest BCUT2D eigenvalue weighted by Gasteiger charge is 2.03. The van der Waals surface area contributed by atoms with Crippen LogP contribution in [0.25, 0.3) is 10.4 Å². The molecule has 1 rings (SSSR count). The lowest BCUT2D eigenvalue weighted by molar-refractivity contribution is -0.112. The van der Waals surface area contributed by atoms with Crippen LogP contribution >= 0.6 is 0 Å². The third kappa shape index (κ3) is 2.66. The molecule has 0 aliphatic rings. The standard InChI is InChI=1S/C9H8N4O/c1-7(12-13-10)9(14)11-8-5-3-2-4-6-8/h2-6H,1H2,(H,11,14). The Morgan fingerprint density at radius 2 is 2.07 bits per heavy atom. The number of nitrogens with zero attached hydrogens (tertiary/aromatic N) is 3. The quantitative estimate of drug-likeness (QED) is 0.336. The van der Waals surface area contributed by atoms with Gasteiger partial charge in [-0.2, -0.15) is 0 Å². The van der Waals surface area contributed by atoms with Gasteiger partial charge in [-0.3, -0.25) is 4.79 Å². The van der Waals surface area contributed by atoms with Crippen LogP contribution in [0.3, 0.4) is 0 Å². The number of hydrogen-bond donors (Lipinski definition) is 1. The molecular formula is C9H8N4O. The smallest absolute Gasteiger partial charge is 0.257 e. The fourth-order valence-corrected chi connectivity index (χ4v) is 0.824. The Kier molecular flexibility index (Phi) is 3.29. The van der Waals surface area contributed by atoms with Crippen molar-refractivity contribution in [3.63, 3.8) is 0 Å². The number of azide groups is 1. The van der Waals surface area contributed by atoms with Gasteiger partial charge in [-0.15, -0.1) is 0 Å². The van der Waals surface area contributed by atoms with E-state index in [4.69, 9.17) is 5.53 Å². The molecule has 0 unspecified atom stereocenters. The van der Waals surface area contributed by atoms with Gasteiger partial charge in [0, 0.05) is 10.6 Å². The van der Waals surface area contributed by atoms with Gasteiger partial charge in [-0.1, -0.05) is 29.9 Å². The Bertz CT molecular complexity index is 393. The number of carbonyl (C=O) groups excluding carboxylic acids is 1. The van der Waals surface area contributed by atoms with E-state index in [0.29, 0.717) is 5.69 Å². The van der Waals surface area contributed by atoms with Gasteiger partial charge < -0.3 is 5.32 Å². The van der Waals surface area contributed by atoms with Crippen LogP contribution in [-0.4, -0.2) is 5.91 Å². The van der Waals surface area contributed by atoms with Gasteiger partial charge in [-0.05, 0) is 17.7 Å².